The van der Waals surface area contributed by atoms with Crippen molar-refractivity contribution in [3.05, 3.63) is 64.0 Å². The summed E-state index contributed by atoms with van der Waals surface area (Å²) in [5.74, 6) is -0.375. The quantitative estimate of drug-likeness (QED) is 0.752. The second-order valence-electron chi connectivity index (χ2n) is 5.15. The molecule has 0 bridgehead atoms. The molecule has 0 unspecified atom stereocenters. The molecular weight excluding hydrogens is 310 g/mol. The van der Waals surface area contributed by atoms with Crippen LogP contribution in [0.1, 0.15) is 29.7 Å². The number of fused-ring (bicyclic) bond motifs is 1. The molecule has 1 aromatic carbocycles. The van der Waals surface area contributed by atoms with Crippen LogP contribution in [-0.2, 0) is 13.0 Å². The first-order valence-electron chi connectivity index (χ1n) is 6.76. The molecule has 0 atom stereocenters. The summed E-state index contributed by atoms with van der Waals surface area (Å²) in [5, 5.41) is 5.57. The molecule has 1 heterocycles. The van der Waals surface area contributed by atoms with Crippen molar-refractivity contribution >= 4 is 28.8 Å². The highest BCUT2D eigenvalue weighted by Gasteiger charge is 2.22. The minimum absolute atomic E-state index is 0.375. The van der Waals surface area contributed by atoms with Gasteiger partial charge in [0.15, 0.2) is 0 Å². The lowest BCUT2D eigenvalue weighted by atomic mass is 9.92. The van der Waals surface area contributed by atoms with Crippen LogP contribution in [0, 0.1) is 6.92 Å². The van der Waals surface area contributed by atoms with E-state index < -0.39 is 0 Å². The van der Waals surface area contributed by atoms with Crippen LogP contribution in [0.2, 0.25) is 10.0 Å². The Bertz CT molecular complexity index is 715. The number of benzene rings is 1. The highest BCUT2D eigenvalue weighted by Crippen LogP contribution is 2.34. The highest BCUT2D eigenvalue weighted by atomic mass is 35.5. The minimum Gasteiger partial charge on any atom is -0.260 e. The molecule has 109 valence electrons. The number of halogens is 3. The van der Waals surface area contributed by atoms with Gasteiger partial charge in [0.25, 0.3) is 0 Å². The van der Waals surface area contributed by atoms with Crippen molar-refractivity contribution in [1.82, 2.24) is 9.78 Å². The Morgan fingerprint density at radius 3 is 2.86 bits per heavy atom. The van der Waals surface area contributed by atoms with E-state index in [-0.39, 0.29) is 5.83 Å². The summed E-state index contributed by atoms with van der Waals surface area (Å²) in [7, 11) is 0. The van der Waals surface area contributed by atoms with Crippen molar-refractivity contribution < 1.29 is 4.39 Å². The molecule has 1 radical (unpaired) electrons. The zero-order chi connectivity index (χ0) is 15.0. The van der Waals surface area contributed by atoms with E-state index in [1.807, 2.05) is 6.07 Å². The maximum atomic E-state index is 13.7. The van der Waals surface area contributed by atoms with Gasteiger partial charge in [-0.25, -0.2) is 4.39 Å². The molecule has 1 aliphatic rings. The van der Waals surface area contributed by atoms with Crippen LogP contribution in [0.3, 0.4) is 0 Å². The lowest BCUT2D eigenvalue weighted by molar-refractivity contribution is 0.635. The Kier molecular flexibility index (Phi) is 4.05. The first kappa shape index (κ1) is 14.6. The second kappa shape index (κ2) is 5.82. The van der Waals surface area contributed by atoms with Crippen LogP contribution in [0.15, 0.2) is 30.2 Å². The van der Waals surface area contributed by atoms with E-state index in [0.29, 0.717) is 28.6 Å². The predicted molar refractivity (Wildman–Crippen MR) is 84.1 cm³/mol. The molecule has 5 heteroatoms. The van der Waals surface area contributed by atoms with Crippen molar-refractivity contribution in [1.29, 1.82) is 0 Å². The predicted octanol–water partition coefficient (Wildman–Crippen LogP) is 5.09. The first-order chi connectivity index (χ1) is 10.1. The molecule has 0 saturated heterocycles. The third-order valence-electron chi connectivity index (χ3n) is 3.74. The monoisotopic (exact) mass is 323 g/mol. The summed E-state index contributed by atoms with van der Waals surface area (Å²) in [6.07, 6.45) is 4.35. The van der Waals surface area contributed by atoms with Crippen molar-refractivity contribution in [2.24, 2.45) is 0 Å². The van der Waals surface area contributed by atoms with Gasteiger partial charge in [-0.05, 0) is 42.5 Å². The van der Waals surface area contributed by atoms with E-state index in [1.54, 1.807) is 23.0 Å². The smallest absolute Gasteiger partial charge is 0.106 e. The lowest BCUT2D eigenvalue weighted by Gasteiger charge is -2.18. The van der Waals surface area contributed by atoms with E-state index in [1.165, 1.54) is 0 Å². The summed E-state index contributed by atoms with van der Waals surface area (Å²) in [4.78, 5) is 0. The largest absolute Gasteiger partial charge is 0.260 e. The van der Waals surface area contributed by atoms with Crippen molar-refractivity contribution in [3.8, 4) is 0 Å². The second-order valence-corrected chi connectivity index (χ2v) is 5.99. The fourth-order valence-electron chi connectivity index (χ4n) is 2.73. The Hall–Kier alpha value is -1.32. The third kappa shape index (κ3) is 2.85. The fourth-order valence-corrected chi connectivity index (χ4v) is 3.19. The standard InChI is InChI=1S/C16H14Cl2FN2/c1-10(19)14-4-2-3-11-8-20-21(16(11)14)9-12-5-6-13(17)7-15(12)18/h5-8H,1-4,9H2/b14-10-. The molecule has 0 saturated carbocycles. The SMILES string of the molecule is [CH2]/C(F)=C1\CCCc2cnn(Cc3ccc(Cl)cc3Cl)c21. The highest BCUT2D eigenvalue weighted by molar-refractivity contribution is 6.35. The van der Waals surface area contributed by atoms with Gasteiger partial charge in [0.1, 0.15) is 5.83 Å². The summed E-state index contributed by atoms with van der Waals surface area (Å²) >= 11 is 12.1. The molecule has 0 fully saturated rings. The van der Waals surface area contributed by atoms with Gasteiger partial charge in [-0.2, -0.15) is 5.10 Å². The number of hydrogen-bond donors (Lipinski definition) is 0. The molecule has 3 rings (SSSR count). The fraction of sp³-hybridized carbons (Fsp3) is 0.250. The van der Waals surface area contributed by atoms with E-state index in [9.17, 15) is 4.39 Å². The Labute approximate surface area is 133 Å². The number of hydrogen-bond acceptors (Lipinski definition) is 1. The number of aryl methyl sites for hydroxylation is 1. The maximum absolute atomic E-state index is 13.7. The first-order valence-corrected chi connectivity index (χ1v) is 7.51. The van der Waals surface area contributed by atoms with Gasteiger partial charge in [0, 0.05) is 22.5 Å². The molecule has 1 aromatic heterocycles. The Morgan fingerprint density at radius 1 is 1.33 bits per heavy atom. The number of nitrogens with zero attached hydrogens (tertiary/aromatic N) is 2. The van der Waals surface area contributed by atoms with Gasteiger partial charge in [0.2, 0.25) is 0 Å². The zero-order valence-electron chi connectivity index (χ0n) is 11.4. The van der Waals surface area contributed by atoms with Crippen LogP contribution >= 0.6 is 23.2 Å². The van der Waals surface area contributed by atoms with E-state index in [2.05, 4.69) is 12.0 Å². The molecule has 2 nitrogen and oxygen atoms in total. The maximum Gasteiger partial charge on any atom is 0.106 e. The van der Waals surface area contributed by atoms with Gasteiger partial charge in [-0.3, -0.25) is 4.68 Å². The number of aromatic nitrogens is 2. The van der Waals surface area contributed by atoms with Crippen LogP contribution in [-0.4, -0.2) is 9.78 Å². The van der Waals surface area contributed by atoms with Crippen LogP contribution < -0.4 is 0 Å². The van der Waals surface area contributed by atoms with Gasteiger partial charge in [-0.1, -0.05) is 29.3 Å². The third-order valence-corrected chi connectivity index (χ3v) is 4.32. The molecule has 0 N–H and O–H groups in total. The van der Waals surface area contributed by atoms with Gasteiger partial charge < -0.3 is 0 Å². The van der Waals surface area contributed by atoms with E-state index >= 15 is 0 Å². The van der Waals surface area contributed by atoms with Gasteiger partial charge >= 0.3 is 0 Å². The molecule has 21 heavy (non-hydrogen) atoms. The average molecular weight is 324 g/mol. The lowest BCUT2D eigenvalue weighted by Crippen LogP contribution is -2.11. The Morgan fingerprint density at radius 2 is 2.14 bits per heavy atom. The van der Waals surface area contributed by atoms with Gasteiger partial charge in [-0.15, -0.1) is 0 Å². The summed E-state index contributed by atoms with van der Waals surface area (Å²) < 4.78 is 15.5. The van der Waals surface area contributed by atoms with E-state index in [4.69, 9.17) is 23.2 Å². The molecule has 0 aliphatic heterocycles. The summed E-state index contributed by atoms with van der Waals surface area (Å²) in [6, 6.07) is 5.36. The van der Waals surface area contributed by atoms with Crippen molar-refractivity contribution in [2.45, 2.75) is 25.8 Å². The molecule has 0 amide bonds. The normalized spacial score (nSPS) is 16.8. The van der Waals surface area contributed by atoms with Crippen LogP contribution in [0.5, 0.6) is 0 Å². The summed E-state index contributed by atoms with van der Waals surface area (Å²) in [5.41, 5.74) is 3.47. The number of rotatable bonds is 2. The van der Waals surface area contributed by atoms with Crippen molar-refractivity contribution in [3.63, 3.8) is 0 Å². The molecule has 1 aliphatic carbocycles. The van der Waals surface area contributed by atoms with Crippen LogP contribution in [0.25, 0.3) is 5.57 Å². The Balaban J connectivity index is 2.01. The topological polar surface area (TPSA) is 17.8 Å². The summed E-state index contributed by atoms with van der Waals surface area (Å²) in [6.45, 7) is 3.93. The molecular formula is C16H14Cl2FN2. The average Bonchev–Trinajstić information content (AvgIpc) is 2.85. The zero-order valence-corrected chi connectivity index (χ0v) is 12.9. The number of allylic oxidation sites excluding steroid dienone is 2. The molecule has 2 aromatic rings. The van der Waals surface area contributed by atoms with E-state index in [0.717, 1.165) is 29.7 Å². The van der Waals surface area contributed by atoms with Gasteiger partial charge in [0.05, 0.1) is 18.4 Å². The molecule has 0 spiro atoms. The minimum atomic E-state index is -0.375. The van der Waals surface area contributed by atoms with Crippen molar-refractivity contribution in [2.75, 3.05) is 0 Å². The van der Waals surface area contributed by atoms with Crippen LogP contribution in [0.4, 0.5) is 4.39 Å².